The van der Waals surface area contributed by atoms with E-state index in [-0.39, 0.29) is 10.7 Å². The topological polar surface area (TPSA) is 63.2 Å². The van der Waals surface area contributed by atoms with Gasteiger partial charge in [-0.15, -0.1) is 0 Å². The summed E-state index contributed by atoms with van der Waals surface area (Å²) in [5.41, 5.74) is 2.62. The van der Waals surface area contributed by atoms with Crippen LogP contribution in [0.5, 0.6) is 0 Å². The van der Waals surface area contributed by atoms with Crippen molar-refractivity contribution in [3.05, 3.63) is 65.0 Å². The number of carbonyl (C=O) groups is 1. The first kappa shape index (κ1) is 20.5. The fourth-order valence-corrected chi connectivity index (χ4v) is 5.99. The lowest BCUT2D eigenvalue weighted by atomic mass is 10.0. The summed E-state index contributed by atoms with van der Waals surface area (Å²) in [6.07, 6.45) is 2.01. The zero-order valence-corrected chi connectivity index (χ0v) is 17.3. The fraction of sp³-hybridized carbons (Fsp3) is 0.409. The molecule has 0 heterocycles. The molecule has 2 aromatic carbocycles. The lowest BCUT2D eigenvalue weighted by Crippen LogP contribution is -2.51. The molecule has 2 aromatic rings. The number of nitrogens with one attached hydrogen (secondary N) is 1. The van der Waals surface area contributed by atoms with E-state index in [2.05, 4.69) is 5.32 Å². The lowest BCUT2D eigenvalue weighted by Gasteiger charge is -2.29. The van der Waals surface area contributed by atoms with Crippen molar-refractivity contribution in [3.63, 3.8) is 0 Å². The fourth-order valence-electron chi connectivity index (χ4n) is 3.83. The van der Waals surface area contributed by atoms with Crippen molar-refractivity contribution < 1.29 is 17.6 Å². The molecule has 4 nitrogen and oxygen atoms in total. The zero-order chi connectivity index (χ0) is 20.5. The largest absolute Gasteiger partial charge is 0.348 e. The average Bonchev–Trinajstić information content (AvgIpc) is 3.16. The standard InChI is InChI=1S/C22H26FNO3S/c1-15-6-11-20(14-16(15)2)28(26,27)22(12-4-5-13-22)21(25)24-17(3)18-7-9-19(23)10-8-18/h6-11,14,17H,4-5,12-13H2,1-3H3,(H,24,25). The van der Waals surface area contributed by atoms with Crippen molar-refractivity contribution in [1.82, 2.24) is 5.32 Å². The Morgan fingerprint density at radius 1 is 1.04 bits per heavy atom. The first-order valence-corrected chi connectivity index (χ1v) is 11.0. The van der Waals surface area contributed by atoms with Gasteiger partial charge in [-0.25, -0.2) is 12.8 Å². The predicted molar refractivity (Wildman–Crippen MR) is 107 cm³/mol. The van der Waals surface area contributed by atoms with Gasteiger partial charge in [0.2, 0.25) is 5.91 Å². The van der Waals surface area contributed by atoms with Crippen molar-refractivity contribution in [2.24, 2.45) is 0 Å². The number of halogens is 1. The Morgan fingerprint density at radius 3 is 2.21 bits per heavy atom. The Balaban J connectivity index is 1.93. The number of aryl methyl sites for hydroxylation is 2. The Kier molecular flexibility index (Phi) is 5.62. The normalized spacial score (nSPS) is 17.3. The van der Waals surface area contributed by atoms with Gasteiger partial charge in [-0.2, -0.15) is 0 Å². The number of hydrogen-bond acceptors (Lipinski definition) is 3. The monoisotopic (exact) mass is 403 g/mol. The van der Waals surface area contributed by atoms with Crippen LogP contribution in [0.3, 0.4) is 0 Å². The van der Waals surface area contributed by atoms with Crippen LogP contribution in [0.25, 0.3) is 0 Å². The molecule has 6 heteroatoms. The molecule has 1 atom stereocenters. The number of rotatable bonds is 5. The first-order valence-electron chi connectivity index (χ1n) is 9.56. The van der Waals surface area contributed by atoms with E-state index < -0.39 is 26.5 Å². The van der Waals surface area contributed by atoms with E-state index in [0.29, 0.717) is 25.7 Å². The summed E-state index contributed by atoms with van der Waals surface area (Å²) in [4.78, 5) is 13.4. The molecule has 3 rings (SSSR count). The molecule has 0 spiro atoms. The van der Waals surface area contributed by atoms with Gasteiger partial charge < -0.3 is 5.32 Å². The molecule has 1 N–H and O–H groups in total. The van der Waals surface area contributed by atoms with Crippen LogP contribution in [0.4, 0.5) is 4.39 Å². The minimum absolute atomic E-state index is 0.196. The highest BCUT2D eigenvalue weighted by Gasteiger charge is 2.53. The minimum Gasteiger partial charge on any atom is -0.348 e. The summed E-state index contributed by atoms with van der Waals surface area (Å²) >= 11 is 0. The maximum absolute atomic E-state index is 13.5. The van der Waals surface area contributed by atoms with Gasteiger partial charge in [-0.05, 0) is 74.6 Å². The van der Waals surface area contributed by atoms with Crippen LogP contribution in [0, 0.1) is 19.7 Å². The minimum atomic E-state index is -3.85. The van der Waals surface area contributed by atoms with E-state index >= 15 is 0 Å². The van der Waals surface area contributed by atoms with Crippen molar-refractivity contribution in [2.75, 3.05) is 0 Å². The Labute approximate surface area is 166 Å². The second kappa shape index (κ2) is 7.66. The molecule has 150 valence electrons. The molecule has 0 bridgehead atoms. The van der Waals surface area contributed by atoms with Gasteiger partial charge in [-0.3, -0.25) is 4.79 Å². The van der Waals surface area contributed by atoms with E-state index in [0.717, 1.165) is 16.7 Å². The van der Waals surface area contributed by atoms with Crippen LogP contribution >= 0.6 is 0 Å². The molecule has 1 aliphatic carbocycles. The molecule has 1 saturated carbocycles. The molecule has 0 aliphatic heterocycles. The van der Waals surface area contributed by atoms with Crippen molar-refractivity contribution >= 4 is 15.7 Å². The second-order valence-corrected chi connectivity index (χ2v) is 9.96. The molecule has 0 radical (unpaired) electrons. The average molecular weight is 404 g/mol. The maximum atomic E-state index is 13.5. The molecular formula is C22H26FNO3S. The molecule has 0 aromatic heterocycles. The quantitative estimate of drug-likeness (QED) is 0.804. The molecule has 0 saturated heterocycles. The van der Waals surface area contributed by atoms with E-state index in [1.807, 2.05) is 13.8 Å². The molecular weight excluding hydrogens is 377 g/mol. The van der Waals surface area contributed by atoms with E-state index in [9.17, 15) is 17.6 Å². The van der Waals surface area contributed by atoms with Gasteiger partial charge in [0.25, 0.3) is 0 Å². The van der Waals surface area contributed by atoms with Crippen LogP contribution in [0.1, 0.15) is 55.3 Å². The van der Waals surface area contributed by atoms with Crippen molar-refractivity contribution in [2.45, 2.75) is 62.1 Å². The van der Waals surface area contributed by atoms with Crippen LogP contribution in [0.2, 0.25) is 0 Å². The second-order valence-electron chi connectivity index (χ2n) is 7.70. The van der Waals surface area contributed by atoms with Gasteiger partial charge in [0.05, 0.1) is 10.9 Å². The van der Waals surface area contributed by atoms with Crippen LogP contribution < -0.4 is 5.32 Å². The number of hydrogen-bond donors (Lipinski definition) is 1. The predicted octanol–water partition coefficient (Wildman–Crippen LogP) is 4.41. The summed E-state index contributed by atoms with van der Waals surface area (Å²) in [6.45, 7) is 5.57. The summed E-state index contributed by atoms with van der Waals surface area (Å²) in [6, 6.07) is 10.5. The van der Waals surface area contributed by atoms with Crippen molar-refractivity contribution in [1.29, 1.82) is 0 Å². The zero-order valence-electron chi connectivity index (χ0n) is 16.5. The number of benzene rings is 2. The van der Waals surface area contributed by atoms with Crippen LogP contribution in [-0.2, 0) is 14.6 Å². The highest BCUT2D eigenvalue weighted by molar-refractivity contribution is 7.93. The summed E-state index contributed by atoms with van der Waals surface area (Å²) in [5, 5.41) is 2.86. The van der Waals surface area contributed by atoms with E-state index in [4.69, 9.17) is 0 Å². The third-order valence-electron chi connectivity index (χ3n) is 5.85. The van der Waals surface area contributed by atoms with Crippen LogP contribution in [-0.4, -0.2) is 19.1 Å². The van der Waals surface area contributed by atoms with Gasteiger partial charge in [0.1, 0.15) is 5.82 Å². The first-order chi connectivity index (χ1) is 13.2. The summed E-state index contributed by atoms with van der Waals surface area (Å²) in [7, 11) is -3.85. The summed E-state index contributed by atoms with van der Waals surface area (Å²) < 4.78 is 38.7. The number of carbonyl (C=O) groups excluding carboxylic acids is 1. The maximum Gasteiger partial charge on any atom is 0.242 e. The van der Waals surface area contributed by atoms with Crippen LogP contribution in [0.15, 0.2) is 47.4 Å². The Bertz CT molecular complexity index is 977. The molecule has 28 heavy (non-hydrogen) atoms. The Morgan fingerprint density at radius 2 is 1.64 bits per heavy atom. The molecule has 1 unspecified atom stereocenters. The molecule has 1 fully saturated rings. The third kappa shape index (κ3) is 3.58. The molecule has 1 aliphatic rings. The van der Waals surface area contributed by atoms with E-state index in [1.165, 1.54) is 12.1 Å². The van der Waals surface area contributed by atoms with E-state index in [1.54, 1.807) is 37.3 Å². The Hall–Kier alpha value is -2.21. The highest BCUT2D eigenvalue weighted by atomic mass is 32.2. The van der Waals surface area contributed by atoms with Gasteiger partial charge >= 0.3 is 0 Å². The van der Waals surface area contributed by atoms with Gasteiger partial charge in [0, 0.05) is 0 Å². The number of amides is 1. The SMILES string of the molecule is Cc1ccc(S(=O)(=O)C2(C(=O)NC(C)c3ccc(F)cc3)CCCC2)cc1C. The summed E-state index contributed by atoms with van der Waals surface area (Å²) in [5.74, 6) is -0.827. The third-order valence-corrected chi connectivity index (χ3v) is 8.34. The van der Waals surface area contributed by atoms with Gasteiger partial charge in [-0.1, -0.05) is 31.0 Å². The molecule has 1 amide bonds. The smallest absolute Gasteiger partial charge is 0.242 e. The number of sulfone groups is 1. The van der Waals surface area contributed by atoms with Crippen molar-refractivity contribution in [3.8, 4) is 0 Å². The highest BCUT2D eigenvalue weighted by Crippen LogP contribution is 2.41. The lowest BCUT2D eigenvalue weighted by molar-refractivity contribution is -0.124. The van der Waals surface area contributed by atoms with Gasteiger partial charge in [0.15, 0.2) is 14.6 Å².